The van der Waals surface area contributed by atoms with Crippen molar-refractivity contribution in [1.82, 2.24) is 14.8 Å². The van der Waals surface area contributed by atoms with Crippen LogP contribution in [0.25, 0.3) is 5.69 Å². The molecule has 0 fully saturated rings. The molecule has 0 saturated carbocycles. The third-order valence-corrected chi connectivity index (χ3v) is 2.21. The van der Waals surface area contributed by atoms with E-state index in [9.17, 15) is 0 Å². The molecule has 5 nitrogen and oxygen atoms in total. The van der Waals surface area contributed by atoms with Gasteiger partial charge in [-0.1, -0.05) is 0 Å². The number of nitrogens with zero attached hydrogens (tertiary/aromatic N) is 3. The van der Waals surface area contributed by atoms with Crippen molar-refractivity contribution in [3.8, 4) is 11.4 Å². The second-order valence-corrected chi connectivity index (χ2v) is 3.17. The molecule has 2 rings (SSSR count). The highest BCUT2D eigenvalue weighted by Crippen LogP contribution is 2.24. The fourth-order valence-electron chi connectivity index (χ4n) is 1.40. The van der Waals surface area contributed by atoms with Crippen molar-refractivity contribution in [1.29, 1.82) is 0 Å². The Balaban J connectivity index is 2.51. The van der Waals surface area contributed by atoms with Crippen molar-refractivity contribution >= 4 is 5.69 Å². The maximum atomic E-state index is 5.73. The largest absolute Gasteiger partial charge is 0.495 e. The van der Waals surface area contributed by atoms with Crippen molar-refractivity contribution in [2.45, 2.75) is 6.92 Å². The van der Waals surface area contributed by atoms with Gasteiger partial charge in [-0.25, -0.2) is 0 Å². The quantitative estimate of drug-likeness (QED) is 0.745. The van der Waals surface area contributed by atoms with E-state index >= 15 is 0 Å². The standard InChI is InChI=1S/C10H12N4O/c1-7-13-12-6-14(7)8-3-4-9(11)10(5-8)15-2/h3-6H,11H2,1-2H3. The lowest BCUT2D eigenvalue weighted by Crippen LogP contribution is -1.98. The highest BCUT2D eigenvalue weighted by Gasteiger charge is 2.05. The van der Waals surface area contributed by atoms with Gasteiger partial charge in [-0.05, 0) is 19.1 Å². The first-order chi connectivity index (χ1) is 7.22. The van der Waals surface area contributed by atoms with Crippen molar-refractivity contribution < 1.29 is 4.74 Å². The van der Waals surface area contributed by atoms with Crippen LogP contribution < -0.4 is 10.5 Å². The summed E-state index contributed by atoms with van der Waals surface area (Å²) in [6, 6.07) is 5.55. The van der Waals surface area contributed by atoms with Gasteiger partial charge in [0.15, 0.2) is 0 Å². The van der Waals surface area contributed by atoms with Crippen LogP contribution in [0.3, 0.4) is 0 Å². The Morgan fingerprint density at radius 3 is 2.80 bits per heavy atom. The minimum absolute atomic E-state index is 0.618. The molecule has 0 amide bonds. The second kappa shape index (κ2) is 3.61. The number of nitrogen functional groups attached to an aromatic ring is 1. The van der Waals surface area contributed by atoms with Gasteiger partial charge >= 0.3 is 0 Å². The maximum Gasteiger partial charge on any atom is 0.143 e. The van der Waals surface area contributed by atoms with Gasteiger partial charge in [0, 0.05) is 6.07 Å². The average Bonchev–Trinajstić information content (AvgIpc) is 2.65. The molecule has 2 N–H and O–H groups in total. The molecule has 0 unspecified atom stereocenters. The summed E-state index contributed by atoms with van der Waals surface area (Å²) < 4.78 is 7.01. The number of hydrogen-bond acceptors (Lipinski definition) is 4. The van der Waals surface area contributed by atoms with Crippen LogP contribution in [0.1, 0.15) is 5.82 Å². The fraction of sp³-hybridized carbons (Fsp3) is 0.200. The Bertz CT molecular complexity index is 478. The molecule has 1 aromatic carbocycles. The van der Waals surface area contributed by atoms with Crippen molar-refractivity contribution in [2.75, 3.05) is 12.8 Å². The summed E-state index contributed by atoms with van der Waals surface area (Å²) in [5.41, 5.74) is 7.28. The van der Waals surface area contributed by atoms with E-state index in [1.165, 1.54) is 0 Å². The molecule has 1 heterocycles. The average molecular weight is 204 g/mol. The highest BCUT2D eigenvalue weighted by atomic mass is 16.5. The molecule has 1 aromatic heterocycles. The van der Waals surface area contributed by atoms with Crippen molar-refractivity contribution in [2.24, 2.45) is 0 Å². The third-order valence-electron chi connectivity index (χ3n) is 2.21. The van der Waals surface area contributed by atoms with Crippen LogP contribution in [-0.2, 0) is 0 Å². The second-order valence-electron chi connectivity index (χ2n) is 3.17. The van der Waals surface area contributed by atoms with E-state index in [1.54, 1.807) is 19.5 Å². The lowest BCUT2D eigenvalue weighted by molar-refractivity contribution is 0.417. The van der Waals surface area contributed by atoms with Gasteiger partial charge in [0.1, 0.15) is 17.9 Å². The predicted molar refractivity (Wildman–Crippen MR) is 57.1 cm³/mol. The summed E-state index contributed by atoms with van der Waals surface area (Å²) in [6.07, 6.45) is 1.65. The van der Waals surface area contributed by atoms with E-state index in [4.69, 9.17) is 10.5 Å². The molecule has 15 heavy (non-hydrogen) atoms. The summed E-state index contributed by atoms with van der Waals surface area (Å²) in [6.45, 7) is 1.88. The van der Waals surface area contributed by atoms with Crippen LogP contribution in [0, 0.1) is 6.92 Å². The minimum atomic E-state index is 0.618. The van der Waals surface area contributed by atoms with E-state index in [2.05, 4.69) is 10.2 Å². The van der Waals surface area contributed by atoms with Crippen LogP contribution >= 0.6 is 0 Å². The summed E-state index contributed by atoms with van der Waals surface area (Å²) in [5.74, 6) is 1.47. The number of aromatic nitrogens is 3. The van der Waals surface area contributed by atoms with Crippen molar-refractivity contribution in [3.63, 3.8) is 0 Å². The summed E-state index contributed by atoms with van der Waals surface area (Å²) in [7, 11) is 1.59. The minimum Gasteiger partial charge on any atom is -0.495 e. The molecule has 0 aliphatic carbocycles. The van der Waals surface area contributed by atoms with Crippen molar-refractivity contribution in [3.05, 3.63) is 30.4 Å². The highest BCUT2D eigenvalue weighted by molar-refractivity contribution is 5.57. The molecule has 0 radical (unpaired) electrons. The number of benzene rings is 1. The molecule has 0 aliphatic rings. The Hall–Kier alpha value is -2.04. The van der Waals surface area contributed by atoms with Crippen LogP contribution in [0.5, 0.6) is 5.75 Å². The molecule has 0 aliphatic heterocycles. The monoisotopic (exact) mass is 204 g/mol. The van der Waals surface area contributed by atoms with Gasteiger partial charge < -0.3 is 10.5 Å². The zero-order chi connectivity index (χ0) is 10.8. The lowest BCUT2D eigenvalue weighted by Gasteiger charge is -2.08. The summed E-state index contributed by atoms with van der Waals surface area (Å²) >= 11 is 0. The fourth-order valence-corrected chi connectivity index (χ4v) is 1.40. The predicted octanol–water partition coefficient (Wildman–Crippen LogP) is 1.17. The summed E-state index contributed by atoms with van der Waals surface area (Å²) in [5, 5.41) is 7.73. The van der Waals surface area contributed by atoms with Gasteiger partial charge in [0.25, 0.3) is 0 Å². The van der Waals surface area contributed by atoms with Crippen LogP contribution in [-0.4, -0.2) is 21.9 Å². The van der Waals surface area contributed by atoms with E-state index < -0.39 is 0 Å². The first-order valence-electron chi connectivity index (χ1n) is 4.53. The molecule has 0 atom stereocenters. The molecular weight excluding hydrogens is 192 g/mol. The molecule has 0 bridgehead atoms. The summed E-state index contributed by atoms with van der Waals surface area (Å²) in [4.78, 5) is 0. The number of ether oxygens (including phenoxy) is 1. The lowest BCUT2D eigenvalue weighted by atomic mass is 10.2. The molecule has 78 valence electrons. The van der Waals surface area contributed by atoms with Gasteiger partial charge in [0.05, 0.1) is 18.5 Å². The molecule has 5 heteroatoms. The third kappa shape index (κ3) is 1.63. The molecule has 0 saturated heterocycles. The smallest absolute Gasteiger partial charge is 0.143 e. The van der Waals surface area contributed by atoms with E-state index in [1.807, 2.05) is 23.6 Å². The SMILES string of the molecule is COc1cc(-n2cnnc2C)ccc1N. The van der Waals surface area contributed by atoms with Gasteiger partial charge in [-0.15, -0.1) is 10.2 Å². The Morgan fingerprint density at radius 2 is 2.20 bits per heavy atom. The van der Waals surface area contributed by atoms with Gasteiger partial charge in [-0.3, -0.25) is 4.57 Å². The zero-order valence-corrected chi connectivity index (χ0v) is 8.64. The molecule has 0 spiro atoms. The van der Waals surface area contributed by atoms with E-state index in [-0.39, 0.29) is 0 Å². The van der Waals surface area contributed by atoms with Crippen LogP contribution in [0.4, 0.5) is 5.69 Å². The normalized spacial score (nSPS) is 10.3. The Kier molecular flexibility index (Phi) is 2.29. The van der Waals surface area contributed by atoms with Crippen LogP contribution in [0.15, 0.2) is 24.5 Å². The number of hydrogen-bond donors (Lipinski definition) is 1. The van der Waals surface area contributed by atoms with Crippen LogP contribution in [0.2, 0.25) is 0 Å². The number of nitrogens with two attached hydrogens (primary N) is 1. The zero-order valence-electron chi connectivity index (χ0n) is 8.64. The number of rotatable bonds is 2. The Morgan fingerprint density at radius 1 is 1.40 bits per heavy atom. The number of anilines is 1. The first-order valence-corrected chi connectivity index (χ1v) is 4.53. The number of methoxy groups -OCH3 is 1. The maximum absolute atomic E-state index is 5.73. The van der Waals surface area contributed by atoms with Gasteiger partial charge in [-0.2, -0.15) is 0 Å². The topological polar surface area (TPSA) is 66.0 Å². The number of aryl methyl sites for hydroxylation is 1. The van der Waals surface area contributed by atoms with Gasteiger partial charge in [0.2, 0.25) is 0 Å². The first kappa shape index (κ1) is 9.51. The van der Waals surface area contributed by atoms with E-state index in [0.717, 1.165) is 11.5 Å². The molecule has 2 aromatic rings. The Labute approximate surface area is 87.5 Å². The van der Waals surface area contributed by atoms with E-state index in [0.29, 0.717) is 11.4 Å². The molecular formula is C10H12N4O.